The molecule has 0 unspecified atom stereocenters. The van der Waals surface area contributed by atoms with Crippen LogP contribution in [0.2, 0.25) is 0 Å². The molecule has 0 spiro atoms. The lowest BCUT2D eigenvalue weighted by Crippen LogP contribution is -1.92. The molecule has 1 aromatic rings. The molecule has 0 saturated heterocycles. The van der Waals surface area contributed by atoms with E-state index < -0.39 is 0 Å². The Kier molecular flexibility index (Phi) is 2.44. The van der Waals surface area contributed by atoms with Crippen molar-refractivity contribution < 1.29 is 9.47 Å². The molecular formula is C12H14O2. The van der Waals surface area contributed by atoms with Crippen LogP contribution in [0.25, 0.3) is 0 Å². The zero-order valence-electron chi connectivity index (χ0n) is 8.54. The molecule has 14 heavy (non-hydrogen) atoms. The van der Waals surface area contributed by atoms with Crippen LogP contribution in [-0.4, -0.2) is 6.79 Å². The average molecular weight is 190 g/mol. The van der Waals surface area contributed by atoms with E-state index in [9.17, 15) is 0 Å². The lowest BCUT2D eigenvalue weighted by molar-refractivity contribution is 0.174. The van der Waals surface area contributed by atoms with Gasteiger partial charge in [0.2, 0.25) is 6.79 Å². The minimum absolute atomic E-state index is 0.349. The van der Waals surface area contributed by atoms with Crippen LogP contribution >= 0.6 is 0 Å². The second-order valence-corrected chi connectivity index (χ2v) is 3.67. The molecule has 74 valence electrons. The Labute approximate surface area is 84.2 Å². The third-order valence-corrected chi connectivity index (χ3v) is 2.18. The zero-order valence-corrected chi connectivity index (χ0v) is 8.54. The molecule has 2 rings (SSSR count). The predicted molar refractivity (Wildman–Crippen MR) is 55.7 cm³/mol. The molecule has 1 aromatic carbocycles. The molecule has 0 atom stereocenters. The molecule has 0 N–H and O–H groups in total. The summed E-state index contributed by atoms with van der Waals surface area (Å²) in [7, 11) is 0. The molecule has 1 aliphatic heterocycles. The Bertz CT molecular complexity index is 363. The van der Waals surface area contributed by atoms with Crippen LogP contribution in [0.4, 0.5) is 0 Å². The largest absolute Gasteiger partial charge is 0.454 e. The van der Waals surface area contributed by atoms with E-state index in [2.05, 4.69) is 26.0 Å². The average Bonchev–Trinajstić information content (AvgIpc) is 2.61. The first-order valence-corrected chi connectivity index (χ1v) is 4.77. The Hall–Kier alpha value is -1.44. The fourth-order valence-electron chi connectivity index (χ4n) is 1.39. The summed E-state index contributed by atoms with van der Waals surface area (Å²) in [4.78, 5) is 0. The Balaban J connectivity index is 2.17. The van der Waals surface area contributed by atoms with Crippen molar-refractivity contribution >= 4 is 0 Å². The van der Waals surface area contributed by atoms with Crippen molar-refractivity contribution in [3.63, 3.8) is 0 Å². The number of rotatable bonds is 2. The maximum Gasteiger partial charge on any atom is 0.231 e. The number of fused-ring (bicyclic) bond motifs is 1. The van der Waals surface area contributed by atoms with E-state index in [-0.39, 0.29) is 0 Å². The highest BCUT2D eigenvalue weighted by Gasteiger charge is 2.12. The lowest BCUT2D eigenvalue weighted by atomic mass is 10.1. The Morgan fingerprint density at radius 3 is 2.86 bits per heavy atom. The Morgan fingerprint density at radius 2 is 2.07 bits per heavy atom. The minimum Gasteiger partial charge on any atom is -0.454 e. The topological polar surface area (TPSA) is 18.5 Å². The van der Waals surface area contributed by atoms with E-state index in [0.29, 0.717) is 6.79 Å². The third-order valence-electron chi connectivity index (χ3n) is 2.18. The number of ether oxygens (including phenoxy) is 2. The summed E-state index contributed by atoms with van der Waals surface area (Å²) >= 11 is 0. The van der Waals surface area contributed by atoms with Crippen LogP contribution in [0.15, 0.2) is 29.8 Å². The summed E-state index contributed by atoms with van der Waals surface area (Å²) in [5.41, 5.74) is 2.60. The van der Waals surface area contributed by atoms with Crippen LogP contribution in [0.5, 0.6) is 11.5 Å². The second-order valence-electron chi connectivity index (χ2n) is 3.67. The van der Waals surface area contributed by atoms with E-state index in [1.807, 2.05) is 12.1 Å². The van der Waals surface area contributed by atoms with Gasteiger partial charge in [-0.1, -0.05) is 17.7 Å². The molecule has 0 fully saturated rings. The fraction of sp³-hybridized carbons (Fsp3) is 0.333. The number of benzene rings is 1. The highest BCUT2D eigenvalue weighted by Crippen LogP contribution is 2.32. The number of hydrogen-bond donors (Lipinski definition) is 0. The maximum atomic E-state index is 5.30. The van der Waals surface area contributed by atoms with Crippen LogP contribution in [0.1, 0.15) is 19.4 Å². The molecule has 0 bridgehead atoms. The highest BCUT2D eigenvalue weighted by atomic mass is 16.7. The molecule has 0 amide bonds. The number of allylic oxidation sites excluding steroid dienone is 2. The van der Waals surface area contributed by atoms with Gasteiger partial charge in [0.05, 0.1) is 0 Å². The summed E-state index contributed by atoms with van der Waals surface area (Å²) in [5.74, 6) is 1.72. The van der Waals surface area contributed by atoms with Crippen molar-refractivity contribution in [2.24, 2.45) is 0 Å². The molecule has 0 radical (unpaired) electrons. The molecule has 0 saturated carbocycles. The first-order valence-electron chi connectivity index (χ1n) is 4.77. The third kappa shape index (κ3) is 1.90. The Morgan fingerprint density at radius 1 is 1.29 bits per heavy atom. The summed E-state index contributed by atoms with van der Waals surface area (Å²) in [6.07, 6.45) is 3.16. The van der Waals surface area contributed by atoms with Gasteiger partial charge >= 0.3 is 0 Å². The van der Waals surface area contributed by atoms with Gasteiger partial charge in [-0.15, -0.1) is 0 Å². The lowest BCUT2D eigenvalue weighted by Gasteiger charge is -1.99. The normalized spacial score (nSPS) is 12.7. The standard InChI is InChI=1S/C12H14O2/c1-9(2)3-4-10-5-6-11-12(7-10)14-8-13-11/h3,5-7H,4,8H2,1-2H3. The van der Waals surface area contributed by atoms with E-state index in [1.165, 1.54) is 11.1 Å². The van der Waals surface area contributed by atoms with E-state index in [4.69, 9.17) is 9.47 Å². The van der Waals surface area contributed by atoms with Gasteiger partial charge in [0.15, 0.2) is 11.5 Å². The molecule has 0 aromatic heterocycles. The first kappa shape index (κ1) is 9.13. The minimum atomic E-state index is 0.349. The van der Waals surface area contributed by atoms with Crippen molar-refractivity contribution in [3.05, 3.63) is 35.4 Å². The van der Waals surface area contributed by atoms with Gasteiger partial charge in [-0.2, -0.15) is 0 Å². The zero-order chi connectivity index (χ0) is 9.97. The summed E-state index contributed by atoms with van der Waals surface area (Å²) in [6.45, 7) is 4.56. The van der Waals surface area contributed by atoms with Crippen LogP contribution in [-0.2, 0) is 6.42 Å². The molecular weight excluding hydrogens is 176 g/mol. The van der Waals surface area contributed by atoms with E-state index >= 15 is 0 Å². The predicted octanol–water partition coefficient (Wildman–Crippen LogP) is 2.92. The molecule has 2 nitrogen and oxygen atoms in total. The van der Waals surface area contributed by atoms with Gasteiger partial charge in [0.1, 0.15) is 0 Å². The monoisotopic (exact) mass is 190 g/mol. The van der Waals surface area contributed by atoms with E-state index in [0.717, 1.165) is 17.9 Å². The summed E-state index contributed by atoms with van der Waals surface area (Å²) in [5, 5.41) is 0. The van der Waals surface area contributed by atoms with E-state index in [1.54, 1.807) is 0 Å². The smallest absolute Gasteiger partial charge is 0.231 e. The van der Waals surface area contributed by atoms with Gasteiger partial charge in [-0.3, -0.25) is 0 Å². The van der Waals surface area contributed by atoms with Crippen LogP contribution in [0, 0.1) is 0 Å². The SMILES string of the molecule is CC(C)=CCc1ccc2c(c1)OCO2. The van der Waals surface area contributed by atoms with Crippen molar-refractivity contribution in [1.82, 2.24) is 0 Å². The number of hydrogen-bond acceptors (Lipinski definition) is 2. The first-order chi connectivity index (χ1) is 6.75. The van der Waals surface area contributed by atoms with Crippen molar-refractivity contribution in [2.75, 3.05) is 6.79 Å². The van der Waals surface area contributed by atoms with Gasteiger partial charge in [0.25, 0.3) is 0 Å². The quantitative estimate of drug-likeness (QED) is 0.667. The van der Waals surface area contributed by atoms with Gasteiger partial charge in [0, 0.05) is 0 Å². The van der Waals surface area contributed by atoms with Gasteiger partial charge < -0.3 is 9.47 Å². The second kappa shape index (κ2) is 3.74. The van der Waals surface area contributed by atoms with Gasteiger partial charge in [-0.05, 0) is 38.0 Å². The molecule has 2 heteroatoms. The fourth-order valence-corrected chi connectivity index (χ4v) is 1.39. The molecule has 1 aliphatic rings. The summed E-state index contributed by atoms with van der Waals surface area (Å²) in [6, 6.07) is 6.09. The van der Waals surface area contributed by atoms with Gasteiger partial charge in [-0.25, -0.2) is 0 Å². The van der Waals surface area contributed by atoms with Crippen LogP contribution < -0.4 is 9.47 Å². The van der Waals surface area contributed by atoms with Crippen molar-refractivity contribution in [2.45, 2.75) is 20.3 Å². The molecule has 0 aliphatic carbocycles. The van der Waals surface area contributed by atoms with Crippen molar-refractivity contribution in [1.29, 1.82) is 0 Å². The maximum absolute atomic E-state index is 5.30. The summed E-state index contributed by atoms with van der Waals surface area (Å²) < 4.78 is 10.5. The van der Waals surface area contributed by atoms with Crippen molar-refractivity contribution in [3.8, 4) is 11.5 Å². The van der Waals surface area contributed by atoms with Crippen LogP contribution in [0.3, 0.4) is 0 Å². The molecule has 1 heterocycles. The highest BCUT2D eigenvalue weighted by molar-refractivity contribution is 5.44.